The van der Waals surface area contributed by atoms with Crippen molar-refractivity contribution in [2.45, 2.75) is 4.90 Å². The third-order valence-electron chi connectivity index (χ3n) is 2.39. The second kappa shape index (κ2) is 4.90. The molecule has 94 valence electrons. The molecular formula is C12H8Cl2O3S. The Morgan fingerprint density at radius 1 is 0.944 bits per heavy atom. The van der Waals surface area contributed by atoms with Crippen LogP contribution in [0.15, 0.2) is 47.4 Å². The fourth-order valence-corrected chi connectivity index (χ4v) is 3.10. The highest BCUT2D eigenvalue weighted by Crippen LogP contribution is 2.37. The van der Waals surface area contributed by atoms with Crippen LogP contribution >= 0.6 is 23.2 Å². The minimum atomic E-state index is -4.45. The van der Waals surface area contributed by atoms with Crippen LogP contribution in [0.1, 0.15) is 0 Å². The Labute approximate surface area is 115 Å². The highest BCUT2D eigenvalue weighted by atomic mass is 35.5. The fraction of sp³-hybridized carbons (Fsp3) is 0. The van der Waals surface area contributed by atoms with Gasteiger partial charge in [0.25, 0.3) is 10.1 Å². The molecular weight excluding hydrogens is 295 g/mol. The van der Waals surface area contributed by atoms with Crippen molar-refractivity contribution in [2.24, 2.45) is 0 Å². The van der Waals surface area contributed by atoms with Crippen LogP contribution in [0, 0.1) is 0 Å². The zero-order valence-corrected chi connectivity index (χ0v) is 11.3. The SMILES string of the molecule is O=S(=O)(O)c1c(-c2ccccc2)ccc(Cl)c1Cl. The maximum Gasteiger partial charge on any atom is 0.296 e. The summed E-state index contributed by atoms with van der Waals surface area (Å²) in [6.45, 7) is 0. The van der Waals surface area contributed by atoms with Gasteiger partial charge in [0.05, 0.1) is 10.0 Å². The summed E-state index contributed by atoms with van der Waals surface area (Å²) in [5.41, 5.74) is 0.941. The summed E-state index contributed by atoms with van der Waals surface area (Å²) in [5, 5.41) is -0.107. The molecule has 2 aromatic rings. The Hall–Kier alpha value is -1.07. The van der Waals surface area contributed by atoms with Crippen molar-refractivity contribution in [2.75, 3.05) is 0 Å². The van der Waals surface area contributed by atoms with Gasteiger partial charge >= 0.3 is 0 Å². The van der Waals surface area contributed by atoms with Crippen molar-refractivity contribution in [3.63, 3.8) is 0 Å². The standard InChI is InChI=1S/C12H8Cl2O3S/c13-10-7-6-9(8-4-2-1-3-5-8)12(11(10)14)18(15,16)17/h1-7H,(H,15,16,17). The lowest BCUT2D eigenvalue weighted by atomic mass is 10.1. The third-order valence-corrected chi connectivity index (χ3v) is 4.25. The first-order valence-corrected chi connectivity index (χ1v) is 7.12. The van der Waals surface area contributed by atoms with Gasteiger partial charge in [-0.1, -0.05) is 59.6 Å². The zero-order chi connectivity index (χ0) is 13.3. The first kappa shape index (κ1) is 13.4. The van der Waals surface area contributed by atoms with Crippen molar-refractivity contribution < 1.29 is 13.0 Å². The Balaban J connectivity index is 2.82. The molecule has 18 heavy (non-hydrogen) atoms. The molecule has 0 amide bonds. The second-order valence-electron chi connectivity index (χ2n) is 3.58. The molecule has 1 N–H and O–H groups in total. The molecule has 0 aliphatic carbocycles. The van der Waals surface area contributed by atoms with E-state index in [2.05, 4.69) is 0 Å². The lowest BCUT2D eigenvalue weighted by Gasteiger charge is -2.10. The number of rotatable bonds is 2. The van der Waals surface area contributed by atoms with Crippen LogP contribution in [-0.4, -0.2) is 13.0 Å². The minimum Gasteiger partial charge on any atom is -0.282 e. The Morgan fingerprint density at radius 2 is 1.56 bits per heavy atom. The highest BCUT2D eigenvalue weighted by Gasteiger charge is 2.22. The van der Waals surface area contributed by atoms with Gasteiger partial charge in [-0.25, -0.2) is 0 Å². The van der Waals surface area contributed by atoms with Crippen molar-refractivity contribution >= 4 is 33.3 Å². The summed E-state index contributed by atoms with van der Waals surface area (Å²) in [7, 11) is -4.45. The number of hydrogen-bond donors (Lipinski definition) is 1. The first-order chi connectivity index (χ1) is 8.41. The molecule has 0 unspecified atom stereocenters. The fourth-order valence-electron chi connectivity index (χ4n) is 1.63. The second-order valence-corrected chi connectivity index (χ2v) is 5.72. The van der Waals surface area contributed by atoms with E-state index in [4.69, 9.17) is 23.2 Å². The van der Waals surface area contributed by atoms with Crippen LogP contribution in [-0.2, 0) is 10.1 Å². The molecule has 0 aliphatic rings. The summed E-state index contributed by atoms with van der Waals surface area (Å²) in [6, 6.07) is 11.7. The monoisotopic (exact) mass is 302 g/mol. The molecule has 0 aromatic heterocycles. The lowest BCUT2D eigenvalue weighted by Crippen LogP contribution is -2.02. The Bertz CT molecular complexity index is 682. The van der Waals surface area contributed by atoms with Gasteiger partial charge in [0.1, 0.15) is 4.90 Å². The average molecular weight is 303 g/mol. The lowest BCUT2D eigenvalue weighted by molar-refractivity contribution is 0.483. The molecule has 0 atom stereocenters. The molecule has 0 bridgehead atoms. The van der Waals surface area contributed by atoms with Crippen LogP contribution in [0.25, 0.3) is 11.1 Å². The molecule has 0 spiro atoms. The maximum absolute atomic E-state index is 11.4. The van der Waals surface area contributed by atoms with E-state index in [-0.39, 0.29) is 14.9 Å². The quantitative estimate of drug-likeness (QED) is 0.856. The summed E-state index contributed by atoms with van der Waals surface area (Å²) in [4.78, 5) is -0.372. The molecule has 0 saturated carbocycles. The molecule has 3 nitrogen and oxygen atoms in total. The molecule has 0 heterocycles. The highest BCUT2D eigenvalue weighted by molar-refractivity contribution is 7.86. The van der Waals surface area contributed by atoms with Crippen molar-refractivity contribution in [3.05, 3.63) is 52.5 Å². The average Bonchev–Trinajstić information content (AvgIpc) is 2.32. The van der Waals surface area contributed by atoms with Gasteiger partial charge in [0, 0.05) is 5.56 Å². The van der Waals surface area contributed by atoms with Gasteiger partial charge < -0.3 is 0 Å². The van der Waals surface area contributed by atoms with Gasteiger partial charge in [-0.2, -0.15) is 8.42 Å². The van der Waals surface area contributed by atoms with E-state index in [1.54, 1.807) is 30.3 Å². The molecule has 0 aliphatic heterocycles. The topological polar surface area (TPSA) is 54.4 Å². The van der Waals surface area contributed by atoms with E-state index in [0.29, 0.717) is 11.1 Å². The molecule has 2 rings (SSSR count). The Morgan fingerprint density at radius 3 is 2.11 bits per heavy atom. The summed E-state index contributed by atoms with van der Waals surface area (Å²) < 4.78 is 32.1. The van der Waals surface area contributed by atoms with Gasteiger partial charge in [-0.05, 0) is 11.6 Å². The van der Waals surface area contributed by atoms with Crippen LogP contribution < -0.4 is 0 Å². The summed E-state index contributed by atoms with van der Waals surface area (Å²) in [6.07, 6.45) is 0. The normalized spacial score (nSPS) is 11.5. The molecule has 6 heteroatoms. The van der Waals surface area contributed by atoms with Crippen molar-refractivity contribution in [1.29, 1.82) is 0 Å². The van der Waals surface area contributed by atoms with E-state index < -0.39 is 10.1 Å². The predicted octanol–water partition coefficient (Wildman–Crippen LogP) is 3.91. The third kappa shape index (κ3) is 2.52. The zero-order valence-electron chi connectivity index (χ0n) is 8.97. The van der Waals surface area contributed by atoms with Crippen LogP contribution in [0.5, 0.6) is 0 Å². The summed E-state index contributed by atoms with van der Waals surface area (Å²) in [5.74, 6) is 0. The molecule has 0 radical (unpaired) electrons. The van der Waals surface area contributed by atoms with Crippen LogP contribution in [0.2, 0.25) is 10.0 Å². The maximum atomic E-state index is 11.4. The molecule has 2 aromatic carbocycles. The van der Waals surface area contributed by atoms with E-state index in [0.717, 1.165) is 0 Å². The minimum absolute atomic E-state index is 0.0731. The van der Waals surface area contributed by atoms with Crippen LogP contribution in [0.3, 0.4) is 0 Å². The van der Waals surface area contributed by atoms with E-state index in [1.165, 1.54) is 12.1 Å². The Kier molecular flexibility index (Phi) is 3.64. The van der Waals surface area contributed by atoms with Gasteiger partial charge in [0.15, 0.2) is 0 Å². The van der Waals surface area contributed by atoms with Gasteiger partial charge in [-0.3, -0.25) is 4.55 Å². The first-order valence-electron chi connectivity index (χ1n) is 4.92. The smallest absolute Gasteiger partial charge is 0.282 e. The van der Waals surface area contributed by atoms with E-state index >= 15 is 0 Å². The van der Waals surface area contributed by atoms with E-state index in [1.807, 2.05) is 0 Å². The largest absolute Gasteiger partial charge is 0.296 e. The number of halogens is 2. The van der Waals surface area contributed by atoms with Gasteiger partial charge in [0.2, 0.25) is 0 Å². The summed E-state index contributed by atoms with van der Waals surface area (Å²) >= 11 is 11.6. The van der Waals surface area contributed by atoms with E-state index in [9.17, 15) is 13.0 Å². The number of benzene rings is 2. The van der Waals surface area contributed by atoms with Gasteiger partial charge in [-0.15, -0.1) is 0 Å². The predicted molar refractivity (Wildman–Crippen MR) is 71.7 cm³/mol. The van der Waals surface area contributed by atoms with Crippen molar-refractivity contribution in [1.82, 2.24) is 0 Å². The number of hydrogen-bond acceptors (Lipinski definition) is 2. The molecule has 0 saturated heterocycles. The van der Waals surface area contributed by atoms with Crippen molar-refractivity contribution in [3.8, 4) is 11.1 Å². The molecule has 0 fully saturated rings. The van der Waals surface area contributed by atoms with Crippen LogP contribution in [0.4, 0.5) is 0 Å².